The first-order valence-electron chi connectivity index (χ1n) is 12.4. The van der Waals surface area contributed by atoms with E-state index in [1.807, 2.05) is 13.8 Å². The number of fused-ring (bicyclic) bond motifs is 3. The summed E-state index contributed by atoms with van der Waals surface area (Å²) < 4.78 is 71.0. The van der Waals surface area contributed by atoms with Crippen molar-refractivity contribution < 1.29 is 31.5 Å². The minimum absolute atomic E-state index is 0.000423. The van der Waals surface area contributed by atoms with Crippen LogP contribution in [-0.2, 0) is 19.8 Å². The number of carbonyl (C=O) groups excluding carboxylic acids is 2. The molecule has 7 nitrogen and oxygen atoms in total. The van der Waals surface area contributed by atoms with E-state index in [9.17, 15) is 36.3 Å². The van der Waals surface area contributed by atoms with Gasteiger partial charge in [0.15, 0.2) is 0 Å². The maximum absolute atomic E-state index is 14.3. The minimum atomic E-state index is -4.91. The number of benzene rings is 3. The molecule has 1 unspecified atom stereocenters. The summed E-state index contributed by atoms with van der Waals surface area (Å²) in [4.78, 5) is 39.8. The smallest absolute Gasteiger partial charge is 0.341 e. The summed E-state index contributed by atoms with van der Waals surface area (Å²) >= 11 is 6.35. The fourth-order valence-corrected chi connectivity index (χ4v) is 5.32. The summed E-state index contributed by atoms with van der Waals surface area (Å²) in [6, 6.07) is 5.23. The summed E-state index contributed by atoms with van der Waals surface area (Å²) in [5.74, 6) is -3.68. The SMILES string of the molecule is CC(C)Cn1c(=O)n(C)c2c3c(c(NC(=O)c4cc(F)cc(C(F)(F)F)c4)cc21)C(c1cc(F)ccc1Cl)NC3=O. The van der Waals surface area contributed by atoms with Crippen molar-refractivity contribution in [2.75, 3.05) is 5.32 Å². The molecule has 0 aliphatic carbocycles. The first-order chi connectivity index (χ1) is 19.2. The van der Waals surface area contributed by atoms with Gasteiger partial charge >= 0.3 is 11.9 Å². The molecule has 13 heteroatoms. The largest absolute Gasteiger partial charge is 0.416 e. The molecule has 2 amide bonds. The Hall–Kier alpha value is -4.19. The summed E-state index contributed by atoms with van der Waals surface area (Å²) in [7, 11) is 1.47. The van der Waals surface area contributed by atoms with Crippen LogP contribution in [0.2, 0.25) is 5.02 Å². The molecule has 0 radical (unpaired) electrons. The second-order valence-corrected chi connectivity index (χ2v) is 10.6. The number of imidazole rings is 1. The van der Waals surface area contributed by atoms with Gasteiger partial charge in [-0.3, -0.25) is 18.7 Å². The number of alkyl halides is 3. The number of aromatic nitrogens is 2. The van der Waals surface area contributed by atoms with Crippen LogP contribution in [0.15, 0.2) is 47.3 Å². The van der Waals surface area contributed by atoms with Crippen LogP contribution < -0.4 is 16.3 Å². The van der Waals surface area contributed by atoms with Gasteiger partial charge in [0, 0.05) is 41.0 Å². The highest BCUT2D eigenvalue weighted by Gasteiger charge is 2.38. The van der Waals surface area contributed by atoms with Crippen LogP contribution in [0, 0.1) is 17.6 Å². The Balaban J connectivity index is 1.77. The molecule has 0 spiro atoms. The Bertz CT molecular complexity index is 1810. The minimum Gasteiger partial charge on any atom is -0.341 e. The van der Waals surface area contributed by atoms with Gasteiger partial charge in [0.1, 0.15) is 11.6 Å². The molecule has 0 saturated carbocycles. The Morgan fingerprint density at radius 3 is 2.44 bits per heavy atom. The summed E-state index contributed by atoms with van der Waals surface area (Å²) in [6.45, 7) is 4.00. The fourth-order valence-electron chi connectivity index (χ4n) is 5.10. The monoisotopic (exact) mass is 592 g/mol. The average Bonchev–Trinajstić information content (AvgIpc) is 3.34. The molecule has 3 aromatic carbocycles. The van der Waals surface area contributed by atoms with Crippen LogP contribution in [0.5, 0.6) is 0 Å². The lowest BCUT2D eigenvalue weighted by atomic mass is 9.95. The fraction of sp³-hybridized carbons (Fsp3) is 0.250. The molecule has 2 heterocycles. The highest BCUT2D eigenvalue weighted by molar-refractivity contribution is 6.31. The van der Waals surface area contributed by atoms with Gasteiger partial charge in [-0.2, -0.15) is 13.2 Å². The Morgan fingerprint density at radius 1 is 1.07 bits per heavy atom. The van der Waals surface area contributed by atoms with E-state index in [4.69, 9.17) is 11.6 Å². The third kappa shape index (κ3) is 4.96. The third-order valence-corrected chi connectivity index (χ3v) is 7.15. The Labute approximate surface area is 234 Å². The second-order valence-electron chi connectivity index (χ2n) is 10.2. The van der Waals surface area contributed by atoms with Crippen LogP contribution in [0.1, 0.15) is 57.3 Å². The highest BCUT2D eigenvalue weighted by atomic mass is 35.5. The Kier molecular flexibility index (Phi) is 6.93. The number of rotatable bonds is 5. The molecule has 1 aliphatic rings. The maximum atomic E-state index is 14.3. The lowest BCUT2D eigenvalue weighted by Crippen LogP contribution is -2.24. The molecular formula is C28H22ClF5N4O3. The van der Waals surface area contributed by atoms with Crippen molar-refractivity contribution in [1.82, 2.24) is 14.5 Å². The van der Waals surface area contributed by atoms with Crippen LogP contribution in [0.4, 0.5) is 27.6 Å². The van der Waals surface area contributed by atoms with Gasteiger partial charge < -0.3 is 10.6 Å². The van der Waals surface area contributed by atoms with Crippen LogP contribution in [0.25, 0.3) is 11.0 Å². The van der Waals surface area contributed by atoms with E-state index in [2.05, 4.69) is 10.6 Å². The molecule has 0 bridgehead atoms. The topological polar surface area (TPSA) is 85.1 Å². The van der Waals surface area contributed by atoms with E-state index in [1.54, 1.807) is 0 Å². The molecule has 1 atom stereocenters. The van der Waals surface area contributed by atoms with Gasteiger partial charge in [0.05, 0.1) is 28.2 Å². The Morgan fingerprint density at radius 2 is 1.78 bits per heavy atom. The number of amides is 2. The number of nitrogens with zero attached hydrogens (tertiary/aromatic N) is 2. The van der Waals surface area contributed by atoms with E-state index >= 15 is 0 Å². The van der Waals surface area contributed by atoms with E-state index in [-0.39, 0.29) is 57.0 Å². The van der Waals surface area contributed by atoms with E-state index < -0.39 is 52.5 Å². The van der Waals surface area contributed by atoms with Gasteiger partial charge in [-0.15, -0.1) is 0 Å². The number of halogens is 6. The van der Waals surface area contributed by atoms with E-state index in [0.29, 0.717) is 12.1 Å². The number of hydrogen-bond acceptors (Lipinski definition) is 3. The number of hydrogen-bond donors (Lipinski definition) is 2. The molecule has 1 aromatic heterocycles. The lowest BCUT2D eigenvalue weighted by Gasteiger charge is -2.19. The number of carbonyl (C=O) groups is 2. The molecule has 1 aliphatic heterocycles. The normalized spacial score (nSPS) is 15.0. The van der Waals surface area contributed by atoms with Crippen molar-refractivity contribution in [2.45, 2.75) is 32.6 Å². The highest BCUT2D eigenvalue weighted by Crippen LogP contribution is 2.43. The van der Waals surface area contributed by atoms with E-state index in [1.165, 1.54) is 28.3 Å². The van der Waals surface area contributed by atoms with Crippen LogP contribution in [0.3, 0.4) is 0 Å². The molecular weight excluding hydrogens is 571 g/mol. The van der Waals surface area contributed by atoms with Gasteiger partial charge in [0.2, 0.25) is 0 Å². The molecule has 0 saturated heterocycles. The van der Waals surface area contributed by atoms with Gasteiger partial charge in [-0.25, -0.2) is 13.6 Å². The van der Waals surface area contributed by atoms with Gasteiger partial charge in [-0.05, 0) is 48.4 Å². The van der Waals surface area contributed by atoms with Crippen molar-refractivity contribution >= 4 is 40.1 Å². The molecule has 214 valence electrons. The van der Waals surface area contributed by atoms with Crippen LogP contribution >= 0.6 is 11.6 Å². The molecule has 4 aromatic rings. The molecule has 41 heavy (non-hydrogen) atoms. The zero-order valence-electron chi connectivity index (χ0n) is 21.8. The number of nitrogens with one attached hydrogen (secondary N) is 2. The van der Waals surface area contributed by atoms with Gasteiger partial charge in [-0.1, -0.05) is 25.4 Å². The van der Waals surface area contributed by atoms with Gasteiger partial charge in [0.25, 0.3) is 11.8 Å². The maximum Gasteiger partial charge on any atom is 0.416 e. The standard InChI is InChI=1S/C28H22ClF5N4O3/c1-12(2)11-38-20-10-19(35-25(39)13-6-14(28(32,33)34)8-16(31)7-13)21-22(24(20)37(3)27(38)41)26(40)36-23(21)17-9-15(30)4-5-18(17)29/h4-10,12,23H,11H2,1-3H3,(H,35,39)(H,36,40). The number of aryl methyl sites for hydroxylation is 1. The molecule has 2 N–H and O–H groups in total. The zero-order valence-corrected chi connectivity index (χ0v) is 22.5. The van der Waals surface area contributed by atoms with Crippen LogP contribution in [-0.4, -0.2) is 20.9 Å². The van der Waals surface area contributed by atoms with Crippen molar-refractivity contribution in [3.05, 3.63) is 97.4 Å². The zero-order chi connectivity index (χ0) is 30.0. The average molecular weight is 593 g/mol. The third-order valence-electron chi connectivity index (χ3n) is 6.81. The van der Waals surface area contributed by atoms with Crippen molar-refractivity contribution in [2.24, 2.45) is 13.0 Å². The molecule has 0 fully saturated rings. The predicted molar refractivity (Wildman–Crippen MR) is 142 cm³/mol. The van der Waals surface area contributed by atoms with E-state index in [0.717, 1.165) is 12.1 Å². The predicted octanol–water partition coefficient (Wildman–Crippen LogP) is 6.03. The summed E-state index contributed by atoms with van der Waals surface area (Å²) in [5, 5.41) is 5.29. The second kappa shape index (κ2) is 10.0. The molecule has 5 rings (SSSR count). The first kappa shape index (κ1) is 28.3. The number of anilines is 1. The van der Waals surface area contributed by atoms with Crippen molar-refractivity contribution in [3.8, 4) is 0 Å². The van der Waals surface area contributed by atoms with Crippen molar-refractivity contribution in [3.63, 3.8) is 0 Å². The first-order valence-corrected chi connectivity index (χ1v) is 12.8. The van der Waals surface area contributed by atoms with Crippen molar-refractivity contribution in [1.29, 1.82) is 0 Å². The summed E-state index contributed by atoms with van der Waals surface area (Å²) in [5.41, 5.74) is -1.71. The lowest BCUT2D eigenvalue weighted by molar-refractivity contribution is -0.137. The summed E-state index contributed by atoms with van der Waals surface area (Å²) in [6.07, 6.45) is -4.91. The quantitative estimate of drug-likeness (QED) is 0.278.